The second-order valence-electron chi connectivity index (χ2n) is 3.57. The Kier molecular flexibility index (Phi) is 4.67. The minimum absolute atomic E-state index is 0.388. The van der Waals surface area contributed by atoms with Crippen LogP contribution in [0.15, 0.2) is 18.2 Å². The molecule has 0 amide bonds. The smallest absolute Gasteiger partial charge is 0.179 e. The van der Waals surface area contributed by atoms with Gasteiger partial charge in [-0.3, -0.25) is 4.98 Å². The summed E-state index contributed by atoms with van der Waals surface area (Å²) in [7, 11) is 0.925. The van der Waals surface area contributed by atoms with Gasteiger partial charge in [-0.1, -0.05) is 38.7 Å². The maximum Gasteiger partial charge on any atom is 0.179 e. The molecule has 1 unspecified atom stereocenters. The number of unbranched alkanes of at least 4 members (excludes halogenated alkanes) is 1. The summed E-state index contributed by atoms with van der Waals surface area (Å²) in [6, 6.07) is 5.87. The molecule has 0 aliphatic rings. The van der Waals surface area contributed by atoms with Gasteiger partial charge in [0, 0.05) is 0 Å². The van der Waals surface area contributed by atoms with E-state index in [1.54, 1.807) is 0 Å². The Morgan fingerprint density at radius 1 is 1.50 bits per heavy atom. The highest BCUT2D eigenvalue weighted by molar-refractivity contribution is 6.50. The third-order valence-electron chi connectivity index (χ3n) is 2.36. The highest BCUT2D eigenvalue weighted by atomic mass is 16.3. The molecule has 76 valence electrons. The fourth-order valence-electron chi connectivity index (χ4n) is 1.43. The molecular weight excluding hydrogens is 173 g/mol. The zero-order valence-electron chi connectivity index (χ0n) is 9.03. The van der Waals surface area contributed by atoms with E-state index in [2.05, 4.69) is 18.7 Å². The van der Waals surface area contributed by atoms with Crippen LogP contribution in [0.5, 0.6) is 0 Å². The molecular formula is C11H18BNO. The number of aliphatic hydroxyl groups excluding tert-OH is 1. The van der Waals surface area contributed by atoms with Crippen LogP contribution < -0.4 is 5.59 Å². The van der Waals surface area contributed by atoms with Crippen molar-refractivity contribution < 1.29 is 5.11 Å². The van der Waals surface area contributed by atoms with E-state index in [9.17, 15) is 5.11 Å². The summed E-state index contributed by atoms with van der Waals surface area (Å²) in [4.78, 5) is 4.39. The SMILES string of the molecule is CBc1cccc(C(O)CCCC)n1. The maximum absolute atomic E-state index is 9.81. The molecule has 0 saturated carbocycles. The number of rotatable bonds is 5. The van der Waals surface area contributed by atoms with Crippen molar-refractivity contribution in [3.63, 3.8) is 0 Å². The fraction of sp³-hybridized carbons (Fsp3) is 0.545. The first-order valence-electron chi connectivity index (χ1n) is 5.41. The van der Waals surface area contributed by atoms with Crippen molar-refractivity contribution in [2.45, 2.75) is 39.1 Å². The lowest BCUT2D eigenvalue weighted by Crippen LogP contribution is -2.17. The van der Waals surface area contributed by atoms with Crippen LogP contribution in [0.3, 0.4) is 0 Å². The van der Waals surface area contributed by atoms with Gasteiger partial charge < -0.3 is 5.11 Å². The van der Waals surface area contributed by atoms with Crippen molar-refractivity contribution in [1.82, 2.24) is 4.98 Å². The summed E-state index contributed by atoms with van der Waals surface area (Å²) in [5.41, 5.74) is 1.87. The minimum Gasteiger partial charge on any atom is -0.387 e. The van der Waals surface area contributed by atoms with Gasteiger partial charge in [-0.05, 0) is 18.1 Å². The molecule has 1 heterocycles. The fourth-order valence-corrected chi connectivity index (χ4v) is 1.43. The molecule has 0 aliphatic heterocycles. The molecule has 0 aromatic carbocycles. The predicted octanol–water partition coefficient (Wildman–Crippen LogP) is 1.42. The van der Waals surface area contributed by atoms with Crippen molar-refractivity contribution in [2.24, 2.45) is 0 Å². The number of hydrogen-bond donors (Lipinski definition) is 1. The van der Waals surface area contributed by atoms with E-state index in [0.717, 1.165) is 37.8 Å². The van der Waals surface area contributed by atoms with E-state index < -0.39 is 0 Å². The summed E-state index contributed by atoms with van der Waals surface area (Å²) in [6.45, 7) is 4.20. The third kappa shape index (κ3) is 3.15. The number of aliphatic hydroxyl groups is 1. The summed E-state index contributed by atoms with van der Waals surface area (Å²) < 4.78 is 0. The quantitative estimate of drug-likeness (QED) is 0.714. The van der Waals surface area contributed by atoms with Crippen LogP contribution in [-0.4, -0.2) is 17.4 Å². The lowest BCUT2D eigenvalue weighted by molar-refractivity contribution is 0.160. The molecule has 1 rings (SSSR count). The summed E-state index contributed by atoms with van der Waals surface area (Å²) in [5.74, 6) is 0. The minimum atomic E-state index is -0.388. The van der Waals surface area contributed by atoms with Crippen LogP contribution in [0.25, 0.3) is 0 Å². The Labute approximate surface area is 86.6 Å². The molecule has 1 aromatic rings. The number of nitrogens with zero attached hydrogens (tertiary/aromatic N) is 1. The molecule has 0 spiro atoms. The highest BCUT2D eigenvalue weighted by Gasteiger charge is 2.08. The lowest BCUT2D eigenvalue weighted by atomic mass is 9.77. The molecule has 1 aromatic heterocycles. The standard InChI is InChI=1S/C11H18BNO/c1-3-4-7-10(14)9-6-5-8-11(12-2)13-9/h5-6,8,10,12,14H,3-4,7H2,1-2H3. The van der Waals surface area contributed by atoms with Crippen LogP contribution in [0.1, 0.15) is 38.0 Å². The zero-order chi connectivity index (χ0) is 10.4. The largest absolute Gasteiger partial charge is 0.387 e. The summed E-state index contributed by atoms with van der Waals surface area (Å²) in [5, 5.41) is 9.81. The first-order valence-corrected chi connectivity index (χ1v) is 5.41. The number of hydrogen-bond acceptors (Lipinski definition) is 2. The molecule has 0 saturated heterocycles. The average Bonchev–Trinajstić information content (AvgIpc) is 2.26. The normalized spacial score (nSPS) is 12.5. The number of aromatic nitrogens is 1. The van der Waals surface area contributed by atoms with Gasteiger partial charge in [0.25, 0.3) is 0 Å². The average molecular weight is 191 g/mol. The van der Waals surface area contributed by atoms with Crippen LogP contribution in [0.4, 0.5) is 0 Å². The Hall–Kier alpha value is -0.825. The van der Waals surface area contributed by atoms with Gasteiger partial charge in [0.15, 0.2) is 7.28 Å². The molecule has 0 radical (unpaired) electrons. The van der Waals surface area contributed by atoms with Gasteiger partial charge in [0.2, 0.25) is 0 Å². The highest BCUT2D eigenvalue weighted by Crippen LogP contribution is 2.15. The van der Waals surface area contributed by atoms with Gasteiger partial charge in [0.05, 0.1) is 11.8 Å². The molecule has 2 nitrogen and oxygen atoms in total. The van der Waals surface area contributed by atoms with Crippen molar-refractivity contribution in [1.29, 1.82) is 0 Å². The van der Waals surface area contributed by atoms with E-state index in [1.807, 2.05) is 18.2 Å². The Morgan fingerprint density at radius 2 is 2.29 bits per heavy atom. The zero-order valence-corrected chi connectivity index (χ0v) is 9.03. The first kappa shape index (κ1) is 11.3. The molecule has 3 heteroatoms. The van der Waals surface area contributed by atoms with E-state index in [1.165, 1.54) is 0 Å². The topological polar surface area (TPSA) is 33.1 Å². The van der Waals surface area contributed by atoms with E-state index in [4.69, 9.17) is 0 Å². The van der Waals surface area contributed by atoms with Crippen molar-refractivity contribution >= 4 is 12.9 Å². The molecule has 1 N–H and O–H groups in total. The second kappa shape index (κ2) is 5.81. The van der Waals surface area contributed by atoms with E-state index in [0.29, 0.717) is 0 Å². The molecule has 1 atom stereocenters. The molecule has 0 aliphatic carbocycles. The predicted molar refractivity (Wildman–Crippen MR) is 61.4 cm³/mol. The second-order valence-corrected chi connectivity index (χ2v) is 3.57. The van der Waals surface area contributed by atoms with E-state index >= 15 is 0 Å². The van der Waals surface area contributed by atoms with Gasteiger partial charge in [-0.25, -0.2) is 0 Å². The van der Waals surface area contributed by atoms with E-state index in [-0.39, 0.29) is 6.10 Å². The molecule has 14 heavy (non-hydrogen) atoms. The molecule has 0 bridgehead atoms. The van der Waals surface area contributed by atoms with Gasteiger partial charge in [-0.2, -0.15) is 0 Å². The summed E-state index contributed by atoms with van der Waals surface area (Å²) >= 11 is 0. The molecule has 0 fully saturated rings. The first-order chi connectivity index (χ1) is 6.77. The van der Waals surface area contributed by atoms with Crippen LogP contribution in [0, 0.1) is 0 Å². The van der Waals surface area contributed by atoms with Gasteiger partial charge in [0.1, 0.15) is 0 Å². The van der Waals surface area contributed by atoms with Crippen molar-refractivity contribution in [3.8, 4) is 0 Å². The van der Waals surface area contributed by atoms with Crippen molar-refractivity contribution in [3.05, 3.63) is 23.9 Å². The maximum atomic E-state index is 9.81. The van der Waals surface area contributed by atoms with Crippen LogP contribution in [-0.2, 0) is 0 Å². The van der Waals surface area contributed by atoms with Crippen LogP contribution in [0.2, 0.25) is 6.82 Å². The number of pyridine rings is 1. The monoisotopic (exact) mass is 191 g/mol. The van der Waals surface area contributed by atoms with Gasteiger partial charge in [-0.15, -0.1) is 0 Å². The lowest BCUT2D eigenvalue weighted by Gasteiger charge is -2.09. The Morgan fingerprint density at radius 3 is 2.93 bits per heavy atom. The van der Waals surface area contributed by atoms with Crippen LogP contribution >= 0.6 is 0 Å². The Balaban J connectivity index is 2.64. The summed E-state index contributed by atoms with van der Waals surface area (Å²) in [6.07, 6.45) is 2.60. The van der Waals surface area contributed by atoms with Crippen molar-refractivity contribution in [2.75, 3.05) is 0 Å². The third-order valence-corrected chi connectivity index (χ3v) is 2.36. The Bertz CT molecular complexity index is 278. The van der Waals surface area contributed by atoms with Gasteiger partial charge >= 0.3 is 0 Å².